The Hall–Kier alpha value is -0.230. The lowest BCUT2D eigenvalue weighted by Crippen LogP contribution is -2.42. The molecule has 0 aliphatic heterocycles. The van der Waals surface area contributed by atoms with Gasteiger partial charge in [0.2, 0.25) is 3.79 Å². The molecule has 0 spiro atoms. The Morgan fingerprint density at radius 3 is 2.21 bits per heavy atom. The van der Waals surface area contributed by atoms with E-state index in [2.05, 4.69) is 0 Å². The van der Waals surface area contributed by atoms with Gasteiger partial charge in [-0.15, -0.1) is 0 Å². The van der Waals surface area contributed by atoms with E-state index in [1.807, 2.05) is 0 Å². The Balaban J connectivity index is 2.40. The molecule has 1 saturated carbocycles. The number of carboxylic acids is 1. The molecule has 5 nitrogen and oxygen atoms in total. The molecule has 1 rings (SSSR count). The summed E-state index contributed by atoms with van der Waals surface area (Å²) in [5, 5.41) is 8.88. The first-order valence-electron chi connectivity index (χ1n) is 5.92. The molecule has 0 amide bonds. The van der Waals surface area contributed by atoms with Crippen LogP contribution in [0.25, 0.3) is 0 Å². The second-order valence-electron chi connectivity index (χ2n) is 4.70. The predicted molar refractivity (Wildman–Crippen MR) is 72.3 cm³/mol. The number of carbonyl (C=O) groups is 2. The second-order valence-corrected chi connectivity index (χ2v) is 7.21. The van der Waals surface area contributed by atoms with Crippen LogP contribution in [-0.2, 0) is 14.3 Å². The van der Waals surface area contributed by atoms with Gasteiger partial charge in [-0.05, 0) is 31.6 Å². The fraction of sp³-hybridized carbons (Fsp3) is 0.818. The second kappa shape index (κ2) is 6.97. The molecule has 1 atom stereocenters. The van der Waals surface area contributed by atoms with Crippen molar-refractivity contribution >= 4 is 46.7 Å². The Morgan fingerprint density at radius 1 is 1.26 bits per heavy atom. The number of carbonyl (C=O) groups excluding carboxylic acids is 1. The van der Waals surface area contributed by atoms with E-state index in [-0.39, 0.29) is 18.4 Å². The zero-order chi connectivity index (χ0) is 14.6. The minimum Gasteiger partial charge on any atom is -0.481 e. The van der Waals surface area contributed by atoms with Gasteiger partial charge >= 0.3 is 11.9 Å². The zero-order valence-corrected chi connectivity index (χ0v) is 12.4. The summed E-state index contributed by atoms with van der Waals surface area (Å²) in [6.45, 7) is -0.353. The summed E-state index contributed by atoms with van der Waals surface area (Å²) in [4.78, 5) is 22.5. The first kappa shape index (κ1) is 16.8. The molecule has 0 bridgehead atoms. The summed E-state index contributed by atoms with van der Waals surface area (Å²) in [7, 11) is 0. The van der Waals surface area contributed by atoms with Crippen LogP contribution in [0.3, 0.4) is 0 Å². The number of alkyl halides is 3. The quantitative estimate of drug-likeness (QED) is 0.608. The number of carboxylic acid groups (broad SMARTS) is 1. The summed E-state index contributed by atoms with van der Waals surface area (Å²) in [6.07, 6.45) is 2.21. The molecule has 1 aliphatic carbocycles. The lowest BCUT2D eigenvalue weighted by molar-refractivity contribution is -0.147. The Labute approximate surface area is 126 Å². The highest BCUT2D eigenvalue weighted by Gasteiger charge is 2.33. The van der Waals surface area contributed by atoms with Gasteiger partial charge in [-0.1, -0.05) is 34.8 Å². The molecule has 0 heterocycles. The van der Waals surface area contributed by atoms with Crippen LogP contribution in [0.2, 0.25) is 0 Å². The van der Waals surface area contributed by atoms with Crippen molar-refractivity contribution < 1.29 is 19.4 Å². The smallest absolute Gasteiger partial charge is 0.323 e. The molecule has 19 heavy (non-hydrogen) atoms. The van der Waals surface area contributed by atoms with Crippen LogP contribution in [0.15, 0.2) is 0 Å². The van der Waals surface area contributed by atoms with Crippen LogP contribution in [0.4, 0.5) is 0 Å². The maximum absolute atomic E-state index is 11.7. The number of ether oxygens (including phenoxy) is 1. The summed E-state index contributed by atoms with van der Waals surface area (Å²) in [5.74, 6) is -1.85. The number of esters is 1. The summed E-state index contributed by atoms with van der Waals surface area (Å²) < 4.78 is 3.16. The highest BCUT2D eigenvalue weighted by molar-refractivity contribution is 6.67. The van der Waals surface area contributed by atoms with Crippen LogP contribution in [0.5, 0.6) is 0 Å². The Kier molecular flexibility index (Phi) is 6.17. The van der Waals surface area contributed by atoms with E-state index >= 15 is 0 Å². The average Bonchev–Trinajstić information content (AvgIpc) is 2.34. The van der Waals surface area contributed by atoms with Crippen molar-refractivity contribution in [1.82, 2.24) is 0 Å². The van der Waals surface area contributed by atoms with E-state index in [1.165, 1.54) is 0 Å². The minimum atomic E-state index is -1.66. The van der Waals surface area contributed by atoms with Gasteiger partial charge in [0.25, 0.3) is 0 Å². The first-order valence-corrected chi connectivity index (χ1v) is 7.06. The van der Waals surface area contributed by atoms with Crippen LogP contribution < -0.4 is 5.73 Å². The van der Waals surface area contributed by atoms with Crippen LogP contribution in [0, 0.1) is 11.8 Å². The molecule has 0 aromatic rings. The SMILES string of the molecule is NC(C(=O)OCC(Cl)(Cl)Cl)[C@H]1CC[C@H](C(=O)O)CC1. The fourth-order valence-electron chi connectivity index (χ4n) is 2.17. The molecule has 1 aliphatic rings. The van der Waals surface area contributed by atoms with Crippen molar-refractivity contribution in [2.24, 2.45) is 17.6 Å². The lowest BCUT2D eigenvalue weighted by Gasteiger charge is -2.29. The minimum absolute atomic E-state index is 0.0847. The number of aliphatic carboxylic acids is 1. The molecule has 8 heteroatoms. The molecule has 0 radical (unpaired) electrons. The molecule has 0 saturated heterocycles. The van der Waals surface area contributed by atoms with Gasteiger partial charge in [0, 0.05) is 0 Å². The monoisotopic (exact) mass is 331 g/mol. The van der Waals surface area contributed by atoms with Crippen LogP contribution in [0.1, 0.15) is 25.7 Å². The number of nitrogens with two attached hydrogens (primary N) is 1. The number of hydrogen-bond acceptors (Lipinski definition) is 4. The summed E-state index contributed by atoms with van der Waals surface area (Å²) in [5.41, 5.74) is 5.79. The van der Waals surface area contributed by atoms with Gasteiger partial charge in [0.1, 0.15) is 12.6 Å². The molecule has 3 N–H and O–H groups in total. The van der Waals surface area contributed by atoms with Gasteiger partial charge in [0.15, 0.2) is 0 Å². The average molecular weight is 333 g/mol. The van der Waals surface area contributed by atoms with E-state index < -0.39 is 21.8 Å². The van der Waals surface area contributed by atoms with Gasteiger partial charge < -0.3 is 15.6 Å². The predicted octanol–water partition coefficient (Wildman–Crippen LogP) is 2.12. The van der Waals surface area contributed by atoms with Crippen LogP contribution in [-0.4, -0.2) is 33.5 Å². The number of hydrogen-bond donors (Lipinski definition) is 2. The molecule has 110 valence electrons. The molecule has 0 aromatic heterocycles. The van der Waals surface area contributed by atoms with Crippen molar-refractivity contribution in [2.75, 3.05) is 6.61 Å². The highest BCUT2D eigenvalue weighted by Crippen LogP contribution is 2.31. The van der Waals surface area contributed by atoms with E-state index in [4.69, 9.17) is 50.4 Å². The Morgan fingerprint density at radius 2 is 1.79 bits per heavy atom. The molecule has 0 aromatic carbocycles. The molecule has 1 fully saturated rings. The van der Waals surface area contributed by atoms with Crippen LogP contribution >= 0.6 is 34.8 Å². The zero-order valence-electron chi connectivity index (χ0n) is 10.2. The first-order chi connectivity index (χ1) is 8.70. The third kappa shape index (κ3) is 5.73. The lowest BCUT2D eigenvalue weighted by atomic mass is 9.79. The highest BCUT2D eigenvalue weighted by atomic mass is 35.6. The Bertz CT molecular complexity index is 337. The van der Waals surface area contributed by atoms with Gasteiger partial charge in [0.05, 0.1) is 5.92 Å². The van der Waals surface area contributed by atoms with Crippen molar-refractivity contribution in [3.8, 4) is 0 Å². The van der Waals surface area contributed by atoms with Gasteiger partial charge in [-0.25, -0.2) is 0 Å². The number of halogens is 3. The summed E-state index contributed by atoms with van der Waals surface area (Å²) >= 11 is 16.4. The van der Waals surface area contributed by atoms with Crippen molar-refractivity contribution in [2.45, 2.75) is 35.5 Å². The standard InChI is InChI=1S/C11H16Cl3NO4/c12-11(13,14)5-19-10(18)8(15)6-1-3-7(4-2-6)9(16)17/h6-8H,1-5,15H2,(H,16,17)/t6-,7-,8?. The van der Waals surface area contributed by atoms with Gasteiger partial charge in [-0.2, -0.15) is 0 Å². The topological polar surface area (TPSA) is 89.6 Å². The van der Waals surface area contributed by atoms with Crippen molar-refractivity contribution in [3.05, 3.63) is 0 Å². The van der Waals surface area contributed by atoms with E-state index in [0.29, 0.717) is 25.7 Å². The molecule has 1 unspecified atom stereocenters. The van der Waals surface area contributed by atoms with E-state index in [0.717, 1.165) is 0 Å². The van der Waals surface area contributed by atoms with Crippen molar-refractivity contribution in [1.29, 1.82) is 0 Å². The molecular weight excluding hydrogens is 316 g/mol. The maximum atomic E-state index is 11.7. The van der Waals surface area contributed by atoms with E-state index in [9.17, 15) is 9.59 Å². The largest absolute Gasteiger partial charge is 0.481 e. The number of rotatable bonds is 4. The normalized spacial score (nSPS) is 25.7. The third-order valence-electron chi connectivity index (χ3n) is 3.28. The third-order valence-corrected chi connectivity index (χ3v) is 3.61. The van der Waals surface area contributed by atoms with Gasteiger partial charge in [-0.3, -0.25) is 9.59 Å². The summed E-state index contributed by atoms with van der Waals surface area (Å²) in [6, 6.07) is -0.804. The van der Waals surface area contributed by atoms with Crippen molar-refractivity contribution in [3.63, 3.8) is 0 Å². The maximum Gasteiger partial charge on any atom is 0.323 e. The molecular formula is C11H16Cl3NO4. The fourth-order valence-corrected chi connectivity index (χ4v) is 2.33. The van der Waals surface area contributed by atoms with E-state index in [1.54, 1.807) is 0 Å².